The van der Waals surface area contributed by atoms with E-state index in [9.17, 15) is 19.2 Å². The molecule has 0 saturated heterocycles. The Morgan fingerprint density at radius 1 is 0.930 bits per heavy atom. The van der Waals surface area contributed by atoms with Crippen molar-refractivity contribution in [3.63, 3.8) is 0 Å². The molecule has 4 rings (SSSR count). The minimum absolute atomic E-state index is 0.240. The van der Waals surface area contributed by atoms with Crippen molar-refractivity contribution in [1.82, 2.24) is 5.32 Å². The molecule has 0 aromatic heterocycles. The number of nitrogens with one attached hydrogen (secondary N) is 2. The number of alkyl halides is 1. The van der Waals surface area contributed by atoms with E-state index in [1.165, 1.54) is 11.8 Å². The van der Waals surface area contributed by atoms with Crippen LogP contribution >= 0.6 is 11.6 Å². The first kappa shape index (κ1) is 31.6. The van der Waals surface area contributed by atoms with Crippen molar-refractivity contribution in [2.24, 2.45) is 0 Å². The number of nitrogens with zero attached hydrogens (tertiary/aromatic N) is 1. The number of para-hydroxylation sites is 1. The highest BCUT2D eigenvalue weighted by atomic mass is 35.5. The monoisotopic (exact) mass is 605 g/mol. The van der Waals surface area contributed by atoms with Crippen LogP contribution in [0.15, 0.2) is 72.8 Å². The Morgan fingerprint density at radius 2 is 1.58 bits per heavy atom. The van der Waals surface area contributed by atoms with Crippen molar-refractivity contribution in [2.75, 3.05) is 10.2 Å². The van der Waals surface area contributed by atoms with Gasteiger partial charge in [-0.3, -0.25) is 14.5 Å². The molecule has 3 aromatic carbocycles. The molecule has 3 aromatic rings. The van der Waals surface area contributed by atoms with Gasteiger partial charge in [0, 0.05) is 22.4 Å². The van der Waals surface area contributed by atoms with Crippen LogP contribution in [0.2, 0.25) is 0 Å². The molecule has 3 amide bonds. The summed E-state index contributed by atoms with van der Waals surface area (Å²) in [5.41, 5.74) is 2.07. The fourth-order valence-corrected chi connectivity index (χ4v) is 5.03. The summed E-state index contributed by atoms with van der Waals surface area (Å²) in [5, 5.41) is 5.36. The molecular formula is C33H36ClN3O6. The van der Waals surface area contributed by atoms with Crippen LogP contribution < -0.4 is 15.5 Å². The molecule has 1 aliphatic heterocycles. The quantitative estimate of drug-likeness (QED) is 0.182. The van der Waals surface area contributed by atoms with E-state index in [0.717, 1.165) is 5.56 Å². The van der Waals surface area contributed by atoms with Gasteiger partial charge < -0.3 is 20.1 Å². The van der Waals surface area contributed by atoms with Gasteiger partial charge in [0.05, 0.1) is 5.69 Å². The van der Waals surface area contributed by atoms with Gasteiger partial charge in [-0.05, 0) is 89.4 Å². The number of fused-ring (bicyclic) bond motifs is 1. The van der Waals surface area contributed by atoms with Crippen molar-refractivity contribution in [3.8, 4) is 0 Å². The highest BCUT2D eigenvalue weighted by Gasteiger charge is 2.35. The Kier molecular flexibility index (Phi) is 9.76. The average Bonchev–Trinajstić information content (AvgIpc) is 3.08. The van der Waals surface area contributed by atoms with Crippen LogP contribution in [-0.2, 0) is 14.3 Å². The number of carbonyl (C=O) groups excluding carboxylic acids is 4. The van der Waals surface area contributed by atoms with Gasteiger partial charge in [-0.1, -0.05) is 48.0 Å². The van der Waals surface area contributed by atoms with Crippen LogP contribution in [0.5, 0.6) is 0 Å². The van der Waals surface area contributed by atoms with Crippen molar-refractivity contribution in [3.05, 3.63) is 95.1 Å². The smallest absolute Gasteiger partial charge is 0.408 e. The molecule has 0 fully saturated rings. The third-order valence-corrected chi connectivity index (χ3v) is 7.25. The van der Waals surface area contributed by atoms with Crippen LogP contribution in [0.4, 0.5) is 16.2 Å². The van der Waals surface area contributed by atoms with Crippen molar-refractivity contribution in [1.29, 1.82) is 0 Å². The third-order valence-electron chi connectivity index (χ3n) is 6.83. The lowest BCUT2D eigenvalue weighted by Gasteiger charge is -2.27. The maximum absolute atomic E-state index is 13.8. The molecule has 10 heteroatoms. The number of carbonyl (C=O) groups is 4. The zero-order valence-corrected chi connectivity index (χ0v) is 25.6. The minimum Gasteiger partial charge on any atom is -0.456 e. The number of benzene rings is 3. The van der Waals surface area contributed by atoms with E-state index in [4.69, 9.17) is 21.1 Å². The van der Waals surface area contributed by atoms with Crippen molar-refractivity contribution < 1.29 is 28.7 Å². The van der Waals surface area contributed by atoms with E-state index in [1.54, 1.807) is 81.4 Å². The van der Waals surface area contributed by atoms with Crippen molar-refractivity contribution >= 4 is 46.9 Å². The van der Waals surface area contributed by atoms with Crippen molar-refractivity contribution in [2.45, 2.75) is 70.7 Å². The highest BCUT2D eigenvalue weighted by Crippen LogP contribution is 2.39. The summed E-state index contributed by atoms with van der Waals surface area (Å²) in [5.74, 6) is -1.22. The number of anilines is 2. The maximum Gasteiger partial charge on any atom is 0.408 e. The summed E-state index contributed by atoms with van der Waals surface area (Å²) >= 11 is 6.77. The predicted molar refractivity (Wildman–Crippen MR) is 165 cm³/mol. The molecule has 0 bridgehead atoms. The van der Waals surface area contributed by atoms with Gasteiger partial charge in [-0.2, -0.15) is 0 Å². The Balaban J connectivity index is 1.49. The predicted octanol–water partition coefficient (Wildman–Crippen LogP) is 6.75. The van der Waals surface area contributed by atoms with Gasteiger partial charge in [-0.15, -0.1) is 0 Å². The molecule has 2 N–H and O–H groups in total. The first-order valence-electron chi connectivity index (χ1n) is 14.1. The van der Waals surface area contributed by atoms with Gasteiger partial charge >= 0.3 is 12.1 Å². The molecule has 0 saturated carbocycles. The summed E-state index contributed by atoms with van der Waals surface area (Å²) in [6.45, 7) is 8.57. The molecule has 1 heterocycles. The van der Waals surface area contributed by atoms with Crippen LogP contribution in [-0.4, -0.2) is 41.0 Å². The molecule has 0 aliphatic carbocycles. The van der Waals surface area contributed by atoms with Gasteiger partial charge in [0.25, 0.3) is 11.8 Å². The van der Waals surface area contributed by atoms with Crippen LogP contribution in [0.3, 0.4) is 0 Å². The Labute approximate surface area is 256 Å². The number of amides is 3. The summed E-state index contributed by atoms with van der Waals surface area (Å²) in [7, 11) is 0. The topological polar surface area (TPSA) is 114 Å². The largest absolute Gasteiger partial charge is 0.456 e. The lowest BCUT2D eigenvalue weighted by atomic mass is 10.0. The fourth-order valence-electron chi connectivity index (χ4n) is 4.71. The Morgan fingerprint density at radius 3 is 2.26 bits per heavy atom. The average molecular weight is 606 g/mol. The maximum atomic E-state index is 13.8. The van der Waals surface area contributed by atoms with E-state index in [-0.39, 0.29) is 11.8 Å². The second-order valence-electron chi connectivity index (χ2n) is 11.4. The van der Waals surface area contributed by atoms with Crippen LogP contribution in [0.1, 0.15) is 78.5 Å². The van der Waals surface area contributed by atoms with E-state index < -0.39 is 35.3 Å². The Bertz CT molecular complexity index is 1500. The number of rotatable bonds is 6. The standard InChI is InChI=1S/C33H36ClN3O6/c1-20-10-6-7-11-24(20)29(38)36-23-16-14-22(15-17-23)30(39)37-26-13-9-8-12-25(26)27(18-19-28(37)34)42-31(40)21(2)35-32(41)43-33(3,4)5/h6-17,21,27-28H,18-19H2,1-5H3,(H,35,41)(H,36,38). The zero-order valence-electron chi connectivity index (χ0n) is 24.8. The summed E-state index contributed by atoms with van der Waals surface area (Å²) in [6.07, 6.45) is -0.705. The Hall–Kier alpha value is -4.37. The fraction of sp³-hybridized carbons (Fsp3) is 0.333. The van der Waals surface area contributed by atoms with Gasteiger partial charge in [0.15, 0.2) is 0 Å². The molecule has 9 nitrogen and oxygen atoms in total. The van der Waals surface area contributed by atoms with E-state index in [0.29, 0.717) is 40.9 Å². The highest BCUT2D eigenvalue weighted by molar-refractivity contribution is 6.26. The number of halogens is 1. The molecule has 226 valence electrons. The van der Waals surface area contributed by atoms with E-state index in [2.05, 4.69) is 10.6 Å². The van der Waals surface area contributed by atoms with E-state index >= 15 is 0 Å². The molecule has 1 aliphatic rings. The molecule has 43 heavy (non-hydrogen) atoms. The van der Waals surface area contributed by atoms with Gasteiger partial charge in [-0.25, -0.2) is 9.59 Å². The number of ether oxygens (including phenoxy) is 2. The number of alkyl carbamates (subject to hydrolysis) is 1. The number of esters is 1. The lowest BCUT2D eigenvalue weighted by molar-refractivity contribution is -0.151. The molecule has 0 radical (unpaired) electrons. The second kappa shape index (κ2) is 13.3. The minimum atomic E-state index is -0.959. The second-order valence-corrected chi connectivity index (χ2v) is 11.9. The molecule has 3 atom stereocenters. The number of hydrogen-bond acceptors (Lipinski definition) is 6. The molecule has 3 unspecified atom stereocenters. The number of hydrogen-bond donors (Lipinski definition) is 2. The van der Waals surface area contributed by atoms with E-state index in [1.807, 2.05) is 19.1 Å². The summed E-state index contributed by atoms with van der Waals surface area (Å²) in [6, 6.07) is 20.1. The molecule has 0 spiro atoms. The normalized spacial score (nSPS) is 17.1. The molecular weight excluding hydrogens is 570 g/mol. The third kappa shape index (κ3) is 7.93. The summed E-state index contributed by atoms with van der Waals surface area (Å²) in [4.78, 5) is 53.1. The number of aryl methyl sites for hydroxylation is 1. The summed E-state index contributed by atoms with van der Waals surface area (Å²) < 4.78 is 11.1. The van der Waals surface area contributed by atoms with Crippen LogP contribution in [0, 0.1) is 6.92 Å². The first-order chi connectivity index (χ1) is 20.3. The van der Waals surface area contributed by atoms with Gasteiger partial charge in [0.2, 0.25) is 0 Å². The first-order valence-corrected chi connectivity index (χ1v) is 14.5. The van der Waals surface area contributed by atoms with Crippen LogP contribution in [0.25, 0.3) is 0 Å². The lowest BCUT2D eigenvalue weighted by Crippen LogP contribution is -2.42. The zero-order chi connectivity index (χ0) is 31.3. The SMILES string of the molecule is Cc1ccccc1C(=O)Nc1ccc(C(=O)N2c3ccccc3C(OC(=O)C(C)NC(=O)OC(C)(C)C)CCC2Cl)cc1. The van der Waals surface area contributed by atoms with Gasteiger partial charge in [0.1, 0.15) is 23.2 Å².